The van der Waals surface area contributed by atoms with Crippen LogP contribution in [0.1, 0.15) is 43.4 Å². The highest BCUT2D eigenvalue weighted by atomic mass is 16.5. The number of amides is 1. The first-order valence-electron chi connectivity index (χ1n) is 7.23. The summed E-state index contributed by atoms with van der Waals surface area (Å²) in [5.74, 6) is -0.404. The first-order valence-corrected chi connectivity index (χ1v) is 7.23. The van der Waals surface area contributed by atoms with E-state index in [1.165, 1.54) is 11.0 Å². The van der Waals surface area contributed by atoms with Gasteiger partial charge in [0.25, 0.3) is 5.91 Å². The predicted molar refractivity (Wildman–Crippen MR) is 81.1 cm³/mol. The number of carboxylic acid groups (broad SMARTS) is 1. The molecule has 1 amide bonds. The smallest absolute Gasteiger partial charge is 0.339 e. The summed E-state index contributed by atoms with van der Waals surface area (Å²) in [7, 11) is 1.66. The van der Waals surface area contributed by atoms with Gasteiger partial charge in [-0.25, -0.2) is 4.79 Å². The average Bonchev–Trinajstić information content (AvgIpc) is 3.11. The molecule has 23 heavy (non-hydrogen) atoms. The van der Waals surface area contributed by atoms with Gasteiger partial charge in [-0.2, -0.15) is 0 Å². The lowest BCUT2D eigenvalue weighted by molar-refractivity contribution is 0.0694. The Kier molecular flexibility index (Phi) is 3.92. The number of benzene rings is 1. The number of furan rings is 1. The van der Waals surface area contributed by atoms with Crippen LogP contribution in [0.3, 0.4) is 0 Å². The molecule has 0 unspecified atom stereocenters. The number of carbonyl (C=O) groups is 2. The van der Waals surface area contributed by atoms with Crippen molar-refractivity contribution < 1.29 is 23.8 Å². The van der Waals surface area contributed by atoms with Gasteiger partial charge in [0.1, 0.15) is 17.1 Å². The number of carboxylic acids is 1. The maximum absolute atomic E-state index is 12.5. The molecule has 0 saturated carbocycles. The Morgan fingerprint density at radius 1 is 1.22 bits per heavy atom. The van der Waals surface area contributed by atoms with Crippen molar-refractivity contribution >= 4 is 11.9 Å². The summed E-state index contributed by atoms with van der Waals surface area (Å²) in [6.45, 7) is 2.92. The average molecular weight is 315 g/mol. The fraction of sp³-hybridized carbons (Fsp3) is 0.294. The molecule has 1 aliphatic heterocycles. The van der Waals surface area contributed by atoms with Crippen LogP contribution >= 0.6 is 0 Å². The largest absolute Gasteiger partial charge is 0.478 e. The van der Waals surface area contributed by atoms with Gasteiger partial charge in [0.2, 0.25) is 0 Å². The fourth-order valence-electron chi connectivity index (χ4n) is 2.66. The van der Waals surface area contributed by atoms with Crippen LogP contribution in [0.15, 0.2) is 28.7 Å². The molecule has 0 spiro atoms. The lowest BCUT2D eigenvalue weighted by atomic mass is 10.1. The first kappa shape index (κ1) is 15.3. The summed E-state index contributed by atoms with van der Waals surface area (Å²) in [6.07, 6.45) is 0. The van der Waals surface area contributed by atoms with E-state index in [-0.39, 0.29) is 18.0 Å². The lowest BCUT2D eigenvalue weighted by Crippen LogP contribution is -2.26. The maximum Gasteiger partial charge on any atom is 0.339 e. The van der Waals surface area contributed by atoms with Crippen LogP contribution in [-0.2, 0) is 24.5 Å². The summed E-state index contributed by atoms with van der Waals surface area (Å²) < 4.78 is 10.8. The number of fused-ring (bicyclic) bond motifs is 1. The van der Waals surface area contributed by atoms with Gasteiger partial charge in [0.15, 0.2) is 0 Å². The minimum atomic E-state index is -1.04. The molecular formula is C17H17NO5. The molecule has 0 saturated heterocycles. The molecule has 0 atom stereocenters. The number of aryl methyl sites for hydroxylation is 1. The molecule has 2 heterocycles. The van der Waals surface area contributed by atoms with Gasteiger partial charge >= 0.3 is 5.97 Å². The van der Waals surface area contributed by atoms with Gasteiger partial charge in [-0.15, -0.1) is 0 Å². The third-order valence-corrected chi connectivity index (χ3v) is 3.91. The summed E-state index contributed by atoms with van der Waals surface area (Å²) in [4.78, 5) is 25.0. The highest BCUT2D eigenvalue weighted by Gasteiger charge is 2.19. The van der Waals surface area contributed by atoms with Gasteiger partial charge in [0.05, 0.1) is 19.8 Å². The van der Waals surface area contributed by atoms with E-state index in [4.69, 9.17) is 14.3 Å². The van der Waals surface area contributed by atoms with Crippen LogP contribution in [0.4, 0.5) is 0 Å². The number of aromatic carboxylic acids is 1. The molecule has 1 N–H and O–H groups in total. The molecule has 3 rings (SSSR count). The summed E-state index contributed by atoms with van der Waals surface area (Å²) in [5, 5.41) is 9.04. The Bertz CT molecular complexity index is 777. The van der Waals surface area contributed by atoms with Crippen molar-refractivity contribution in [3.8, 4) is 0 Å². The number of carbonyl (C=O) groups excluding carboxylic acids is 1. The molecule has 1 aromatic carbocycles. The van der Waals surface area contributed by atoms with Gasteiger partial charge in [-0.05, 0) is 36.2 Å². The molecule has 0 aliphatic carbocycles. The molecule has 0 fully saturated rings. The number of rotatable bonds is 4. The van der Waals surface area contributed by atoms with Gasteiger partial charge in [-0.1, -0.05) is 6.07 Å². The zero-order valence-electron chi connectivity index (χ0n) is 13.0. The molecule has 0 radical (unpaired) electrons. The second-order valence-electron chi connectivity index (χ2n) is 5.63. The number of hydrogen-bond acceptors (Lipinski definition) is 4. The predicted octanol–water partition coefficient (Wildman–Crippen LogP) is 2.59. The normalized spacial score (nSPS) is 13.0. The van der Waals surface area contributed by atoms with Crippen molar-refractivity contribution in [2.45, 2.75) is 26.7 Å². The minimum Gasteiger partial charge on any atom is -0.478 e. The molecule has 120 valence electrons. The lowest BCUT2D eigenvalue weighted by Gasteiger charge is -2.16. The Hall–Kier alpha value is -2.60. The summed E-state index contributed by atoms with van der Waals surface area (Å²) in [5.41, 5.74) is 2.84. The highest BCUT2D eigenvalue weighted by molar-refractivity contribution is 5.94. The second kappa shape index (κ2) is 5.89. The maximum atomic E-state index is 12.5. The molecule has 1 aromatic heterocycles. The van der Waals surface area contributed by atoms with Crippen LogP contribution in [0.25, 0.3) is 0 Å². The highest BCUT2D eigenvalue weighted by Crippen LogP contribution is 2.22. The van der Waals surface area contributed by atoms with E-state index in [1.54, 1.807) is 20.0 Å². The Balaban J connectivity index is 1.75. The van der Waals surface area contributed by atoms with E-state index in [0.29, 0.717) is 30.3 Å². The van der Waals surface area contributed by atoms with E-state index in [1.807, 2.05) is 12.1 Å². The van der Waals surface area contributed by atoms with E-state index in [2.05, 4.69) is 0 Å². The van der Waals surface area contributed by atoms with E-state index in [0.717, 1.165) is 11.1 Å². The van der Waals surface area contributed by atoms with Crippen LogP contribution in [0.5, 0.6) is 0 Å². The zero-order chi connectivity index (χ0) is 16.6. The topological polar surface area (TPSA) is 80.0 Å². The van der Waals surface area contributed by atoms with Gasteiger partial charge in [-0.3, -0.25) is 4.79 Å². The Morgan fingerprint density at radius 3 is 2.65 bits per heavy atom. The molecular weight excluding hydrogens is 298 g/mol. The molecule has 6 heteroatoms. The molecule has 2 aromatic rings. The Morgan fingerprint density at radius 2 is 1.96 bits per heavy atom. The fourth-order valence-corrected chi connectivity index (χ4v) is 2.66. The molecule has 6 nitrogen and oxygen atoms in total. The van der Waals surface area contributed by atoms with Crippen LogP contribution in [-0.4, -0.2) is 28.9 Å². The van der Waals surface area contributed by atoms with Crippen LogP contribution < -0.4 is 0 Å². The van der Waals surface area contributed by atoms with Crippen molar-refractivity contribution in [3.63, 3.8) is 0 Å². The number of hydrogen-bond donors (Lipinski definition) is 1. The molecule has 1 aliphatic rings. The van der Waals surface area contributed by atoms with Crippen molar-refractivity contribution in [3.05, 3.63) is 58.0 Å². The van der Waals surface area contributed by atoms with Gasteiger partial charge < -0.3 is 19.2 Å². The Labute approximate surface area is 133 Å². The number of ether oxygens (including phenoxy) is 1. The monoisotopic (exact) mass is 315 g/mol. The third-order valence-electron chi connectivity index (χ3n) is 3.91. The van der Waals surface area contributed by atoms with Crippen molar-refractivity contribution in [2.75, 3.05) is 7.05 Å². The van der Waals surface area contributed by atoms with Crippen molar-refractivity contribution in [1.82, 2.24) is 4.90 Å². The zero-order valence-corrected chi connectivity index (χ0v) is 13.0. The first-order chi connectivity index (χ1) is 11.0. The summed E-state index contributed by atoms with van der Waals surface area (Å²) >= 11 is 0. The van der Waals surface area contributed by atoms with Crippen molar-refractivity contribution in [2.24, 2.45) is 0 Å². The SMILES string of the molecule is Cc1oc(CN(C)C(=O)c2ccc3c(c2)COC3)cc1C(=O)O. The van der Waals surface area contributed by atoms with Crippen LogP contribution in [0, 0.1) is 6.92 Å². The van der Waals surface area contributed by atoms with Gasteiger partial charge in [0, 0.05) is 12.6 Å². The second-order valence-corrected chi connectivity index (χ2v) is 5.63. The quantitative estimate of drug-likeness (QED) is 0.938. The van der Waals surface area contributed by atoms with E-state index in [9.17, 15) is 9.59 Å². The molecule has 0 bridgehead atoms. The number of nitrogens with zero attached hydrogens (tertiary/aromatic N) is 1. The van der Waals surface area contributed by atoms with E-state index < -0.39 is 5.97 Å². The summed E-state index contributed by atoms with van der Waals surface area (Å²) in [6, 6.07) is 6.99. The van der Waals surface area contributed by atoms with Crippen molar-refractivity contribution in [1.29, 1.82) is 0 Å². The van der Waals surface area contributed by atoms with Crippen LogP contribution in [0.2, 0.25) is 0 Å². The minimum absolute atomic E-state index is 0.121. The van der Waals surface area contributed by atoms with E-state index >= 15 is 0 Å². The standard InChI is InChI=1S/C17H17NO5/c1-10-15(17(20)21)6-14(23-10)7-18(2)16(19)11-3-4-12-8-22-9-13(12)5-11/h3-6H,7-9H2,1-2H3,(H,20,21). The third kappa shape index (κ3) is 2.98.